The minimum atomic E-state index is -0.240. The molecule has 110 valence electrons. The molecule has 0 aliphatic carbocycles. The average molecular weight is 368 g/mol. The van der Waals surface area contributed by atoms with Gasteiger partial charge in [-0.2, -0.15) is 0 Å². The second-order valence-corrected chi connectivity index (χ2v) is 6.06. The molecule has 0 spiro atoms. The molecule has 1 aromatic rings. The number of thioether (sulfide) groups is 1. The van der Waals surface area contributed by atoms with Gasteiger partial charge in [0.1, 0.15) is 12.4 Å². The number of carbonyl (C=O) groups excluding carboxylic acids is 2. The summed E-state index contributed by atoms with van der Waals surface area (Å²) in [6.45, 7) is 6.19. The predicted molar refractivity (Wildman–Crippen MR) is 88.2 cm³/mol. The first-order chi connectivity index (χ1) is 10.1. The topological polar surface area (TPSA) is 46.6 Å². The molecule has 1 aliphatic rings. The lowest BCUT2D eigenvalue weighted by molar-refractivity contribution is -0.122. The second-order valence-electron chi connectivity index (χ2n) is 4.22. The maximum atomic E-state index is 12.0. The lowest BCUT2D eigenvalue weighted by atomic mass is 10.2. The summed E-state index contributed by atoms with van der Waals surface area (Å²) in [5, 5.41) is -0.223. The Kier molecular flexibility index (Phi) is 5.25. The number of rotatable bonds is 5. The van der Waals surface area contributed by atoms with Gasteiger partial charge in [0.05, 0.1) is 9.38 Å². The van der Waals surface area contributed by atoms with Crippen LogP contribution in [0, 0.1) is 0 Å². The van der Waals surface area contributed by atoms with Gasteiger partial charge in [-0.15, -0.1) is 0 Å². The van der Waals surface area contributed by atoms with E-state index < -0.39 is 0 Å². The Morgan fingerprint density at radius 2 is 2.19 bits per heavy atom. The Morgan fingerprint density at radius 3 is 2.76 bits per heavy atom. The van der Waals surface area contributed by atoms with Crippen LogP contribution in [0.4, 0.5) is 4.79 Å². The number of nitrogens with zero attached hydrogens (tertiary/aromatic N) is 1. The van der Waals surface area contributed by atoms with Crippen molar-refractivity contribution in [3.63, 3.8) is 0 Å². The number of imide groups is 1. The molecule has 1 aliphatic heterocycles. The van der Waals surface area contributed by atoms with Gasteiger partial charge in [-0.1, -0.05) is 18.7 Å². The summed E-state index contributed by atoms with van der Waals surface area (Å²) in [5.74, 6) is 0.462. The lowest BCUT2D eigenvalue weighted by Gasteiger charge is -2.07. The van der Waals surface area contributed by atoms with Crippen LogP contribution >= 0.6 is 27.7 Å². The first-order valence-corrected chi connectivity index (χ1v) is 7.96. The fraction of sp³-hybridized carbons (Fsp3) is 0.200. The van der Waals surface area contributed by atoms with Crippen LogP contribution in [0.3, 0.4) is 0 Å². The van der Waals surface area contributed by atoms with E-state index in [-0.39, 0.29) is 11.1 Å². The third kappa shape index (κ3) is 3.57. The molecule has 1 saturated heterocycles. The number of hydrogen-bond donors (Lipinski definition) is 0. The zero-order valence-electron chi connectivity index (χ0n) is 11.5. The van der Waals surface area contributed by atoms with Crippen molar-refractivity contribution in [2.75, 3.05) is 13.2 Å². The highest BCUT2D eigenvalue weighted by molar-refractivity contribution is 9.10. The van der Waals surface area contributed by atoms with Gasteiger partial charge in [-0.25, -0.2) is 0 Å². The van der Waals surface area contributed by atoms with Crippen molar-refractivity contribution in [3.05, 3.63) is 45.8 Å². The molecule has 6 heteroatoms. The quantitative estimate of drug-likeness (QED) is 0.581. The van der Waals surface area contributed by atoms with Crippen molar-refractivity contribution in [1.29, 1.82) is 0 Å². The Balaban J connectivity index is 2.22. The molecule has 1 aromatic carbocycles. The molecular weight excluding hydrogens is 354 g/mol. The number of ether oxygens (including phenoxy) is 1. The number of hydrogen-bond acceptors (Lipinski definition) is 4. The Morgan fingerprint density at radius 1 is 1.43 bits per heavy atom. The molecule has 0 bridgehead atoms. The molecule has 0 atom stereocenters. The number of benzene rings is 1. The smallest absolute Gasteiger partial charge is 0.293 e. The summed E-state index contributed by atoms with van der Waals surface area (Å²) in [7, 11) is 0. The molecule has 2 rings (SSSR count). The summed E-state index contributed by atoms with van der Waals surface area (Å²) in [5.41, 5.74) is 0.828. The van der Waals surface area contributed by atoms with E-state index in [1.54, 1.807) is 19.1 Å². The zero-order chi connectivity index (χ0) is 15.4. The predicted octanol–water partition coefficient (Wildman–Crippen LogP) is 4.07. The SMILES string of the molecule is C=CCOc1ccc(C=C2SC(=O)N(CC)C2=O)cc1Br. The van der Waals surface area contributed by atoms with Gasteiger partial charge in [-0.3, -0.25) is 14.5 Å². The molecule has 0 aromatic heterocycles. The molecule has 4 nitrogen and oxygen atoms in total. The maximum Gasteiger partial charge on any atom is 0.293 e. The number of amides is 2. The molecule has 1 fully saturated rings. The molecule has 0 unspecified atom stereocenters. The van der Waals surface area contributed by atoms with Gasteiger partial charge in [0, 0.05) is 6.54 Å². The standard InChI is InChI=1S/C15H14BrNO3S/c1-3-7-20-12-6-5-10(8-11(12)16)9-13-14(18)17(4-2)15(19)21-13/h3,5-6,8-9H,1,4,7H2,2H3. The fourth-order valence-electron chi connectivity index (χ4n) is 1.80. The van der Waals surface area contributed by atoms with Crippen LogP contribution in [0.1, 0.15) is 12.5 Å². The highest BCUT2D eigenvalue weighted by Crippen LogP contribution is 2.33. The molecule has 0 saturated carbocycles. The van der Waals surface area contributed by atoms with Crippen LogP contribution in [0.2, 0.25) is 0 Å². The van der Waals surface area contributed by atoms with E-state index in [4.69, 9.17) is 4.74 Å². The van der Waals surface area contributed by atoms with E-state index in [1.165, 1.54) is 4.90 Å². The Hall–Kier alpha value is -1.53. The van der Waals surface area contributed by atoms with E-state index in [9.17, 15) is 9.59 Å². The Bertz CT molecular complexity index is 627. The van der Waals surface area contributed by atoms with E-state index in [2.05, 4.69) is 22.5 Å². The van der Waals surface area contributed by atoms with E-state index in [0.717, 1.165) is 21.8 Å². The maximum absolute atomic E-state index is 12.0. The lowest BCUT2D eigenvalue weighted by Crippen LogP contribution is -2.27. The molecule has 2 amide bonds. The zero-order valence-corrected chi connectivity index (χ0v) is 13.9. The van der Waals surface area contributed by atoms with Gasteiger partial charge in [-0.05, 0) is 58.4 Å². The van der Waals surface area contributed by atoms with Gasteiger partial charge in [0.2, 0.25) is 0 Å². The largest absolute Gasteiger partial charge is 0.488 e. The van der Waals surface area contributed by atoms with Gasteiger partial charge in [0.15, 0.2) is 0 Å². The summed E-state index contributed by atoms with van der Waals surface area (Å²) >= 11 is 4.39. The molecular formula is C15H14BrNO3S. The number of halogens is 1. The number of likely N-dealkylation sites (N-methyl/N-ethyl adjacent to an activating group) is 1. The monoisotopic (exact) mass is 367 g/mol. The van der Waals surface area contributed by atoms with Crippen LogP contribution in [0.25, 0.3) is 6.08 Å². The van der Waals surface area contributed by atoms with E-state index in [0.29, 0.717) is 23.8 Å². The van der Waals surface area contributed by atoms with Crippen LogP contribution in [-0.4, -0.2) is 29.2 Å². The van der Waals surface area contributed by atoms with Crippen molar-refractivity contribution in [2.45, 2.75) is 6.92 Å². The van der Waals surface area contributed by atoms with Crippen LogP contribution < -0.4 is 4.74 Å². The van der Waals surface area contributed by atoms with Gasteiger partial charge < -0.3 is 4.74 Å². The van der Waals surface area contributed by atoms with E-state index >= 15 is 0 Å². The summed E-state index contributed by atoms with van der Waals surface area (Å²) in [4.78, 5) is 25.3. The minimum absolute atomic E-state index is 0.223. The van der Waals surface area contributed by atoms with Crippen molar-refractivity contribution < 1.29 is 14.3 Å². The van der Waals surface area contributed by atoms with Crippen LogP contribution in [0.15, 0.2) is 40.2 Å². The number of carbonyl (C=O) groups is 2. The van der Waals surface area contributed by atoms with E-state index in [1.807, 2.05) is 18.2 Å². The van der Waals surface area contributed by atoms with Crippen LogP contribution in [0.5, 0.6) is 5.75 Å². The van der Waals surface area contributed by atoms with Crippen molar-refractivity contribution in [3.8, 4) is 5.75 Å². The molecule has 21 heavy (non-hydrogen) atoms. The molecule has 1 heterocycles. The highest BCUT2D eigenvalue weighted by atomic mass is 79.9. The first-order valence-electron chi connectivity index (χ1n) is 6.35. The first kappa shape index (κ1) is 15.9. The molecule has 0 N–H and O–H groups in total. The highest BCUT2D eigenvalue weighted by Gasteiger charge is 2.33. The normalized spacial score (nSPS) is 16.7. The average Bonchev–Trinajstić information content (AvgIpc) is 2.72. The van der Waals surface area contributed by atoms with Crippen molar-refractivity contribution in [2.24, 2.45) is 0 Å². The summed E-state index contributed by atoms with van der Waals surface area (Å²) in [6, 6.07) is 5.49. The minimum Gasteiger partial charge on any atom is -0.488 e. The molecule has 0 radical (unpaired) electrons. The fourth-order valence-corrected chi connectivity index (χ4v) is 3.21. The summed E-state index contributed by atoms with van der Waals surface area (Å²) < 4.78 is 6.25. The van der Waals surface area contributed by atoms with Crippen molar-refractivity contribution >= 4 is 44.9 Å². The summed E-state index contributed by atoms with van der Waals surface area (Å²) in [6.07, 6.45) is 3.38. The Labute approximate surface area is 136 Å². The van der Waals surface area contributed by atoms with Crippen molar-refractivity contribution in [1.82, 2.24) is 4.90 Å². The van der Waals surface area contributed by atoms with Crippen LogP contribution in [-0.2, 0) is 4.79 Å². The second kappa shape index (κ2) is 6.95. The third-order valence-corrected chi connectivity index (χ3v) is 4.33. The van der Waals surface area contributed by atoms with Gasteiger partial charge in [0.25, 0.3) is 11.1 Å². The van der Waals surface area contributed by atoms with Gasteiger partial charge >= 0.3 is 0 Å². The third-order valence-electron chi connectivity index (χ3n) is 2.80.